The molecule has 0 spiro atoms. The largest absolute Gasteiger partial charge is 0.313 e. The number of nitrogens with zero attached hydrogens (tertiary/aromatic N) is 3. The zero-order valence-corrected chi connectivity index (χ0v) is 25.2. The Kier molecular flexibility index (Phi) is 11.5. The molecule has 3 N–H and O–H groups in total. The molecule has 1 fully saturated rings. The van der Waals surface area contributed by atoms with Gasteiger partial charge in [0.1, 0.15) is 0 Å². The third-order valence-electron chi connectivity index (χ3n) is 8.12. The molecule has 4 aromatic rings. The smallest absolute Gasteiger partial charge is 0.0541 e. The van der Waals surface area contributed by atoms with Crippen molar-refractivity contribution in [3.8, 4) is 0 Å². The second-order valence-electron chi connectivity index (χ2n) is 11.3. The SMILES string of the molecule is Clc1ccc(C2(CCNCc3ccc(CN(CCNCc4ccccn4)CCNCc4ccccn4)cc3)CC2)cc1. The number of rotatable bonds is 18. The molecule has 220 valence electrons. The minimum atomic E-state index is 0.351. The Morgan fingerprint density at radius 1 is 0.643 bits per heavy atom. The van der Waals surface area contributed by atoms with Crippen molar-refractivity contribution in [2.45, 2.75) is 50.9 Å². The van der Waals surface area contributed by atoms with E-state index in [2.05, 4.69) is 79.3 Å². The average molecular weight is 583 g/mol. The molecular weight excluding hydrogens is 540 g/mol. The zero-order valence-electron chi connectivity index (χ0n) is 24.4. The number of hydrogen-bond acceptors (Lipinski definition) is 6. The van der Waals surface area contributed by atoms with Gasteiger partial charge in [0, 0.05) is 69.8 Å². The number of aromatic nitrogens is 2. The Hall–Kier alpha value is -3.13. The molecule has 2 heterocycles. The van der Waals surface area contributed by atoms with Gasteiger partial charge in [-0.05, 0) is 84.3 Å². The summed E-state index contributed by atoms with van der Waals surface area (Å²) < 4.78 is 0. The van der Waals surface area contributed by atoms with Crippen LogP contribution >= 0.6 is 11.6 Å². The van der Waals surface area contributed by atoms with Crippen LogP contribution in [0.2, 0.25) is 5.02 Å². The quantitative estimate of drug-likeness (QED) is 0.130. The van der Waals surface area contributed by atoms with Crippen molar-refractivity contribution in [2.75, 3.05) is 32.7 Å². The van der Waals surface area contributed by atoms with Gasteiger partial charge in [-0.1, -0.05) is 60.1 Å². The first-order valence-corrected chi connectivity index (χ1v) is 15.5. The van der Waals surface area contributed by atoms with Gasteiger partial charge in [-0.3, -0.25) is 14.9 Å². The fourth-order valence-corrected chi connectivity index (χ4v) is 5.53. The van der Waals surface area contributed by atoms with E-state index in [1.54, 1.807) is 0 Å². The highest BCUT2D eigenvalue weighted by atomic mass is 35.5. The topological polar surface area (TPSA) is 65.1 Å². The summed E-state index contributed by atoms with van der Waals surface area (Å²) in [5, 5.41) is 11.6. The van der Waals surface area contributed by atoms with Crippen LogP contribution in [0.1, 0.15) is 47.3 Å². The van der Waals surface area contributed by atoms with Crippen LogP contribution in [0.25, 0.3) is 0 Å². The molecule has 0 unspecified atom stereocenters. The summed E-state index contributed by atoms with van der Waals surface area (Å²) in [6.07, 6.45) is 7.42. The summed E-state index contributed by atoms with van der Waals surface area (Å²) in [4.78, 5) is 11.3. The third kappa shape index (κ3) is 9.72. The molecule has 0 aliphatic heterocycles. The predicted molar refractivity (Wildman–Crippen MR) is 172 cm³/mol. The highest BCUT2D eigenvalue weighted by Crippen LogP contribution is 2.50. The fraction of sp³-hybridized carbons (Fsp3) is 0.371. The highest BCUT2D eigenvalue weighted by Gasteiger charge is 2.43. The Balaban J connectivity index is 1.06. The standard InChI is InChI=1S/C35H43ClN6/c36-32-13-11-31(12-14-32)35(15-16-35)17-20-37-25-29-7-9-30(10-8-29)28-42(23-21-38-26-33-5-1-3-18-40-33)24-22-39-27-34-6-2-4-19-41-34/h1-14,18-19,37-39H,15-17,20-28H2. The maximum atomic E-state index is 6.09. The summed E-state index contributed by atoms with van der Waals surface area (Å²) in [6.45, 7) is 8.18. The summed E-state index contributed by atoms with van der Waals surface area (Å²) in [7, 11) is 0. The van der Waals surface area contributed by atoms with E-state index in [1.165, 1.54) is 36.0 Å². The van der Waals surface area contributed by atoms with Crippen LogP contribution in [0.5, 0.6) is 0 Å². The molecule has 0 atom stereocenters. The second kappa shape index (κ2) is 15.9. The summed E-state index contributed by atoms with van der Waals surface area (Å²) in [5.41, 5.74) is 6.60. The van der Waals surface area contributed by atoms with Crippen molar-refractivity contribution in [3.05, 3.63) is 130 Å². The minimum Gasteiger partial charge on any atom is -0.313 e. The van der Waals surface area contributed by atoms with Gasteiger partial charge < -0.3 is 16.0 Å². The number of pyridine rings is 2. The lowest BCUT2D eigenvalue weighted by Crippen LogP contribution is -2.36. The van der Waals surface area contributed by atoms with E-state index in [1.807, 2.05) is 48.8 Å². The molecule has 42 heavy (non-hydrogen) atoms. The molecule has 2 aromatic heterocycles. The van der Waals surface area contributed by atoms with E-state index in [-0.39, 0.29) is 0 Å². The van der Waals surface area contributed by atoms with Gasteiger partial charge in [0.15, 0.2) is 0 Å². The maximum Gasteiger partial charge on any atom is 0.0541 e. The molecule has 0 saturated heterocycles. The average Bonchev–Trinajstić information content (AvgIpc) is 3.82. The molecule has 6 nitrogen and oxygen atoms in total. The van der Waals surface area contributed by atoms with Crippen molar-refractivity contribution in [1.29, 1.82) is 0 Å². The van der Waals surface area contributed by atoms with Gasteiger partial charge in [0.05, 0.1) is 11.4 Å². The number of benzene rings is 2. The van der Waals surface area contributed by atoms with E-state index >= 15 is 0 Å². The lowest BCUT2D eigenvalue weighted by molar-refractivity contribution is 0.263. The fourth-order valence-electron chi connectivity index (χ4n) is 5.40. The van der Waals surface area contributed by atoms with E-state index < -0.39 is 0 Å². The molecular formula is C35H43ClN6. The van der Waals surface area contributed by atoms with E-state index in [0.29, 0.717) is 5.41 Å². The Labute approximate surface area is 255 Å². The van der Waals surface area contributed by atoms with Crippen molar-refractivity contribution >= 4 is 11.6 Å². The molecule has 5 rings (SSSR count). The van der Waals surface area contributed by atoms with Crippen LogP contribution in [-0.2, 0) is 31.6 Å². The number of halogens is 1. The minimum absolute atomic E-state index is 0.351. The maximum absolute atomic E-state index is 6.09. The van der Waals surface area contributed by atoms with Crippen molar-refractivity contribution in [2.24, 2.45) is 0 Å². The summed E-state index contributed by atoms with van der Waals surface area (Å²) in [6, 6.07) is 29.6. The Bertz CT molecular complexity index is 1260. The third-order valence-corrected chi connectivity index (χ3v) is 8.37. The second-order valence-corrected chi connectivity index (χ2v) is 11.7. The van der Waals surface area contributed by atoms with Gasteiger partial charge in [0.2, 0.25) is 0 Å². The van der Waals surface area contributed by atoms with Crippen LogP contribution in [0.15, 0.2) is 97.3 Å². The number of nitrogens with one attached hydrogen (secondary N) is 3. The molecule has 2 aromatic carbocycles. The first-order chi connectivity index (χ1) is 20.7. The van der Waals surface area contributed by atoms with Crippen molar-refractivity contribution < 1.29 is 0 Å². The summed E-state index contributed by atoms with van der Waals surface area (Å²) in [5.74, 6) is 0. The molecule has 0 amide bonds. The Morgan fingerprint density at radius 3 is 1.76 bits per heavy atom. The van der Waals surface area contributed by atoms with Crippen molar-refractivity contribution in [1.82, 2.24) is 30.8 Å². The zero-order chi connectivity index (χ0) is 28.9. The molecule has 1 aliphatic carbocycles. The molecule has 1 aliphatic rings. The van der Waals surface area contributed by atoms with E-state index in [4.69, 9.17) is 11.6 Å². The summed E-state index contributed by atoms with van der Waals surface area (Å²) >= 11 is 6.09. The molecule has 7 heteroatoms. The first-order valence-electron chi connectivity index (χ1n) is 15.2. The molecule has 1 saturated carbocycles. The van der Waals surface area contributed by atoms with Gasteiger partial charge in [-0.25, -0.2) is 0 Å². The van der Waals surface area contributed by atoms with Gasteiger partial charge >= 0.3 is 0 Å². The van der Waals surface area contributed by atoms with Crippen LogP contribution < -0.4 is 16.0 Å². The number of hydrogen-bond donors (Lipinski definition) is 3. The van der Waals surface area contributed by atoms with Crippen LogP contribution in [0.4, 0.5) is 0 Å². The van der Waals surface area contributed by atoms with Gasteiger partial charge in [-0.2, -0.15) is 0 Å². The molecule has 0 radical (unpaired) electrons. The van der Waals surface area contributed by atoms with Crippen molar-refractivity contribution in [3.63, 3.8) is 0 Å². The van der Waals surface area contributed by atoms with Crippen LogP contribution in [0.3, 0.4) is 0 Å². The van der Waals surface area contributed by atoms with E-state index in [9.17, 15) is 0 Å². The lowest BCUT2D eigenvalue weighted by atomic mass is 9.92. The lowest BCUT2D eigenvalue weighted by Gasteiger charge is -2.23. The van der Waals surface area contributed by atoms with Crippen LogP contribution in [0, 0.1) is 0 Å². The normalized spacial score (nSPS) is 13.9. The van der Waals surface area contributed by atoms with E-state index in [0.717, 1.165) is 75.3 Å². The monoisotopic (exact) mass is 582 g/mol. The highest BCUT2D eigenvalue weighted by molar-refractivity contribution is 6.30. The molecule has 0 bridgehead atoms. The van der Waals surface area contributed by atoms with Crippen LogP contribution in [-0.4, -0.2) is 47.6 Å². The van der Waals surface area contributed by atoms with Gasteiger partial charge in [0.25, 0.3) is 0 Å². The van der Waals surface area contributed by atoms with Gasteiger partial charge in [-0.15, -0.1) is 0 Å². The Morgan fingerprint density at radius 2 is 1.21 bits per heavy atom. The predicted octanol–water partition coefficient (Wildman–Crippen LogP) is 5.72. The first kappa shape index (κ1) is 30.3.